The molecular formula is C25H37NO. The number of hydrogen-bond acceptors (Lipinski definition) is 2. The maximum Gasteiger partial charge on any atom is 0.115 e. The van der Waals surface area contributed by atoms with Crippen LogP contribution in [0.4, 0.5) is 11.4 Å². The molecular weight excluding hydrogens is 330 g/mol. The normalized spacial score (nSPS) is 10.9. The minimum Gasteiger partial charge on any atom is -0.508 e. The zero-order valence-electron chi connectivity index (χ0n) is 17.1. The van der Waals surface area contributed by atoms with Crippen molar-refractivity contribution in [1.29, 1.82) is 0 Å². The van der Waals surface area contributed by atoms with E-state index < -0.39 is 0 Å². The average molecular weight is 368 g/mol. The molecule has 2 aromatic carbocycles. The van der Waals surface area contributed by atoms with Crippen molar-refractivity contribution in [3.8, 4) is 5.75 Å². The van der Waals surface area contributed by atoms with Gasteiger partial charge in [0.05, 0.1) is 0 Å². The Labute approximate surface area is 166 Å². The van der Waals surface area contributed by atoms with E-state index in [1.807, 2.05) is 12.1 Å². The van der Waals surface area contributed by atoms with E-state index in [9.17, 15) is 5.11 Å². The van der Waals surface area contributed by atoms with E-state index in [4.69, 9.17) is 0 Å². The minimum absolute atomic E-state index is 0.297. The Morgan fingerprint density at radius 2 is 1.26 bits per heavy atom. The summed E-state index contributed by atoms with van der Waals surface area (Å²) in [5.74, 6) is 0.297. The molecule has 0 saturated carbocycles. The zero-order chi connectivity index (χ0) is 19.2. The lowest BCUT2D eigenvalue weighted by molar-refractivity contribution is 0.475. The van der Waals surface area contributed by atoms with Crippen LogP contribution in [0.15, 0.2) is 48.5 Å². The number of phenolic OH excluding ortho intramolecular Hbond substituents is 1. The van der Waals surface area contributed by atoms with Gasteiger partial charge in [0.1, 0.15) is 5.75 Å². The van der Waals surface area contributed by atoms with Gasteiger partial charge in [0.25, 0.3) is 0 Å². The lowest BCUT2D eigenvalue weighted by Gasteiger charge is -2.09. The molecule has 27 heavy (non-hydrogen) atoms. The molecule has 0 unspecified atom stereocenters. The van der Waals surface area contributed by atoms with Crippen molar-refractivity contribution in [2.75, 3.05) is 5.32 Å². The minimum atomic E-state index is 0.297. The van der Waals surface area contributed by atoms with E-state index in [1.165, 1.54) is 76.2 Å². The first-order valence-electron chi connectivity index (χ1n) is 10.9. The highest BCUT2D eigenvalue weighted by molar-refractivity contribution is 5.60. The van der Waals surface area contributed by atoms with E-state index in [1.54, 1.807) is 12.1 Å². The summed E-state index contributed by atoms with van der Waals surface area (Å²) >= 11 is 0. The van der Waals surface area contributed by atoms with Gasteiger partial charge in [-0.3, -0.25) is 0 Å². The first kappa shape index (κ1) is 21.3. The van der Waals surface area contributed by atoms with Gasteiger partial charge >= 0.3 is 0 Å². The first-order valence-corrected chi connectivity index (χ1v) is 10.9. The van der Waals surface area contributed by atoms with E-state index in [0.717, 1.165) is 17.8 Å². The summed E-state index contributed by atoms with van der Waals surface area (Å²) < 4.78 is 0. The Bertz CT molecular complexity index is 620. The number of aromatic hydroxyl groups is 1. The van der Waals surface area contributed by atoms with Crippen molar-refractivity contribution >= 4 is 11.4 Å². The van der Waals surface area contributed by atoms with Gasteiger partial charge in [-0.15, -0.1) is 0 Å². The molecule has 0 heterocycles. The Morgan fingerprint density at radius 1 is 0.667 bits per heavy atom. The van der Waals surface area contributed by atoms with Crippen molar-refractivity contribution in [3.63, 3.8) is 0 Å². The molecule has 0 saturated heterocycles. The van der Waals surface area contributed by atoms with Crippen molar-refractivity contribution in [3.05, 3.63) is 54.1 Å². The topological polar surface area (TPSA) is 32.3 Å². The van der Waals surface area contributed by atoms with Crippen LogP contribution >= 0.6 is 0 Å². The first-order chi connectivity index (χ1) is 13.3. The van der Waals surface area contributed by atoms with Gasteiger partial charge in [0.15, 0.2) is 0 Å². The third-order valence-corrected chi connectivity index (χ3v) is 5.15. The van der Waals surface area contributed by atoms with Crippen molar-refractivity contribution in [2.45, 2.75) is 84.0 Å². The lowest BCUT2D eigenvalue weighted by Crippen LogP contribution is -1.92. The summed E-state index contributed by atoms with van der Waals surface area (Å²) in [6.45, 7) is 2.28. The van der Waals surface area contributed by atoms with Gasteiger partial charge in [0, 0.05) is 11.4 Å². The number of rotatable bonds is 14. The molecule has 0 aliphatic heterocycles. The molecule has 0 fully saturated rings. The Morgan fingerprint density at radius 3 is 1.89 bits per heavy atom. The Kier molecular flexibility index (Phi) is 10.5. The van der Waals surface area contributed by atoms with E-state index in [0.29, 0.717) is 5.75 Å². The van der Waals surface area contributed by atoms with Crippen molar-refractivity contribution < 1.29 is 5.11 Å². The van der Waals surface area contributed by atoms with Crippen LogP contribution in [0.5, 0.6) is 5.75 Å². The number of nitrogens with one attached hydrogen (secondary N) is 1. The van der Waals surface area contributed by atoms with E-state index in [2.05, 4.69) is 36.5 Å². The number of hydrogen-bond donors (Lipinski definition) is 2. The summed E-state index contributed by atoms with van der Waals surface area (Å²) in [7, 11) is 0. The summed E-state index contributed by atoms with van der Waals surface area (Å²) in [5, 5.41) is 12.8. The molecule has 2 nitrogen and oxygen atoms in total. The fourth-order valence-corrected chi connectivity index (χ4v) is 3.51. The number of aryl methyl sites for hydroxylation is 1. The van der Waals surface area contributed by atoms with Crippen LogP contribution < -0.4 is 5.32 Å². The fourth-order valence-electron chi connectivity index (χ4n) is 3.51. The molecule has 0 bridgehead atoms. The van der Waals surface area contributed by atoms with Crippen molar-refractivity contribution in [2.24, 2.45) is 0 Å². The van der Waals surface area contributed by atoms with Gasteiger partial charge < -0.3 is 10.4 Å². The molecule has 0 aromatic heterocycles. The third kappa shape index (κ3) is 9.51. The summed E-state index contributed by atoms with van der Waals surface area (Å²) in [4.78, 5) is 0. The van der Waals surface area contributed by atoms with Gasteiger partial charge in [-0.2, -0.15) is 0 Å². The third-order valence-electron chi connectivity index (χ3n) is 5.15. The van der Waals surface area contributed by atoms with Gasteiger partial charge in [-0.05, 0) is 54.8 Å². The van der Waals surface area contributed by atoms with Crippen molar-refractivity contribution in [1.82, 2.24) is 0 Å². The second-order valence-corrected chi connectivity index (χ2v) is 7.66. The molecule has 2 rings (SSSR count). The molecule has 2 N–H and O–H groups in total. The lowest BCUT2D eigenvalue weighted by atomic mass is 10.0. The summed E-state index contributed by atoms with van der Waals surface area (Å²) in [6, 6.07) is 15.9. The predicted octanol–water partition coefficient (Wildman–Crippen LogP) is 7.99. The standard InChI is InChI=1S/C25H37NO/c1-2-3-4-5-6-7-8-9-10-11-12-14-22-15-13-16-24(21-22)26-23-17-19-25(27)20-18-23/h13,15-21,26-27H,2-12,14H2,1H3. The average Bonchev–Trinajstić information content (AvgIpc) is 2.68. The van der Waals surface area contributed by atoms with Crippen LogP contribution in [0.2, 0.25) is 0 Å². The second kappa shape index (κ2) is 13.2. The molecule has 0 amide bonds. The van der Waals surface area contributed by atoms with E-state index in [-0.39, 0.29) is 0 Å². The van der Waals surface area contributed by atoms with Crippen LogP contribution in [-0.2, 0) is 6.42 Å². The number of benzene rings is 2. The SMILES string of the molecule is CCCCCCCCCCCCCc1cccc(Nc2ccc(O)cc2)c1. The van der Waals surface area contributed by atoms with Gasteiger partial charge in [-0.1, -0.05) is 83.3 Å². The maximum atomic E-state index is 9.37. The van der Waals surface area contributed by atoms with Crippen LogP contribution in [-0.4, -0.2) is 5.11 Å². The molecule has 148 valence electrons. The molecule has 0 radical (unpaired) electrons. The maximum absolute atomic E-state index is 9.37. The second-order valence-electron chi connectivity index (χ2n) is 7.66. The Hall–Kier alpha value is -1.96. The number of anilines is 2. The highest BCUT2D eigenvalue weighted by Crippen LogP contribution is 2.21. The van der Waals surface area contributed by atoms with Crippen LogP contribution in [0.3, 0.4) is 0 Å². The Balaban J connectivity index is 1.56. The molecule has 0 spiro atoms. The van der Waals surface area contributed by atoms with Gasteiger partial charge in [-0.25, -0.2) is 0 Å². The van der Waals surface area contributed by atoms with Crippen LogP contribution in [0.1, 0.15) is 83.1 Å². The van der Waals surface area contributed by atoms with Crippen LogP contribution in [0, 0.1) is 0 Å². The fraction of sp³-hybridized carbons (Fsp3) is 0.520. The summed E-state index contributed by atoms with van der Waals surface area (Å²) in [5.41, 5.74) is 3.51. The monoisotopic (exact) mass is 367 g/mol. The largest absolute Gasteiger partial charge is 0.508 e. The molecule has 0 aliphatic rings. The van der Waals surface area contributed by atoms with Crippen LogP contribution in [0.25, 0.3) is 0 Å². The molecule has 2 aromatic rings. The smallest absolute Gasteiger partial charge is 0.115 e. The van der Waals surface area contributed by atoms with E-state index >= 15 is 0 Å². The zero-order valence-corrected chi connectivity index (χ0v) is 17.1. The highest BCUT2D eigenvalue weighted by Gasteiger charge is 1.99. The van der Waals surface area contributed by atoms with Gasteiger partial charge in [0.2, 0.25) is 0 Å². The molecule has 0 aliphatic carbocycles. The molecule has 2 heteroatoms. The quantitative estimate of drug-likeness (QED) is 0.262. The molecule has 0 atom stereocenters. The summed E-state index contributed by atoms with van der Waals surface area (Å²) in [6.07, 6.45) is 16.4. The number of phenols is 1. The predicted molar refractivity (Wildman–Crippen MR) is 118 cm³/mol. The number of unbranched alkanes of at least 4 members (excludes halogenated alkanes) is 10. The highest BCUT2D eigenvalue weighted by atomic mass is 16.3.